The SMILES string of the molecule is CCOC(=O)CC(=O)c1cccc(OC)c1Br. The Morgan fingerprint density at radius 2 is 2.06 bits per heavy atom. The molecular formula is C12H13BrO4. The molecule has 5 heteroatoms. The van der Waals surface area contributed by atoms with Gasteiger partial charge in [-0.05, 0) is 35.0 Å². The van der Waals surface area contributed by atoms with Crippen molar-refractivity contribution in [3.8, 4) is 5.75 Å². The predicted octanol–water partition coefficient (Wildman–Crippen LogP) is 2.59. The first-order valence-corrected chi connectivity index (χ1v) is 5.90. The molecule has 0 N–H and O–H groups in total. The van der Waals surface area contributed by atoms with Gasteiger partial charge in [-0.15, -0.1) is 0 Å². The maximum atomic E-state index is 11.8. The number of ether oxygens (including phenoxy) is 2. The van der Waals surface area contributed by atoms with E-state index in [9.17, 15) is 9.59 Å². The summed E-state index contributed by atoms with van der Waals surface area (Å²) >= 11 is 3.27. The highest BCUT2D eigenvalue weighted by atomic mass is 79.9. The van der Waals surface area contributed by atoms with Crippen molar-refractivity contribution in [3.05, 3.63) is 28.2 Å². The lowest BCUT2D eigenvalue weighted by Gasteiger charge is -2.07. The van der Waals surface area contributed by atoms with Crippen LogP contribution in [0.5, 0.6) is 5.75 Å². The monoisotopic (exact) mass is 300 g/mol. The van der Waals surface area contributed by atoms with E-state index in [1.54, 1.807) is 25.1 Å². The van der Waals surface area contributed by atoms with Gasteiger partial charge in [-0.3, -0.25) is 9.59 Å². The van der Waals surface area contributed by atoms with Crippen LogP contribution in [0.15, 0.2) is 22.7 Å². The number of benzene rings is 1. The molecule has 0 heterocycles. The molecule has 0 aliphatic heterocycles. The summed E-state index contributed by atoms with van der Waals surface area (Å²) in [7, 11) is 1.51. The Kier molecular flexibility index (Phi) is 5.15. The molecule has 0 aliphatic rings. The molecular weight excluding hydrogens is 288 g/mol. The van der Waals surface area contributed by atoms with Crippen LogP contribution in [0.1, 0.15) is 23.7 Å². The fourth-order valence-corrected chi connectivity index (χ4v) is 1.97. The molecule has 0 saturated carbocycles. The maximum absolute atomic E-state index is 11.8. The molecule has 0 atom stereocenters. The Balaban J connectivity index is 2.86. The van der Waals surface area contributed by atoms with Gasteiger partial charge in [-0.2, -0.15) is 0 Å². The van der Waals surface area contributed by atoms with E-state index in [4.69, 9.17) is 9.47 Å². The zero-order valence-electron chi connectivity index (χ0n) is 9.66. The fourth-order valence-electron chi connectivity index (χ4n) is 1.32. The molecule has 1 aromatic carbocycles. The lowest BCUT2D eigenvalue weighted by Crippen LogP contribution is -2.12. The van der Waals surface area contributed by atoms with E-state index in [0.717, 1.165) is 0 Å². The second-order valence-corrected chi connectivity index (χ2v) is 4.02. The van der Waals surface area contributed by atoms with Crippen molar-refractivity contribution in [2.24, 2.45) is 0 Å². The molecule has 0 spiro atoms. The van der Waals surface area contributed by atoms with Gasteiger partial charge in [0.1, 0.15) is 12.2 Å². The number of hydrogen-bond donors (Lipinski definition) is 0. The van der Waals surface area contributed by atoms with Crippen molar-refractivity contribution >= 4 is 27.7 Å². The van der Waals surface area contributed by atoms with Crippen LogP contribution < -0.4 is 4.74 Å². The molecule has 1 aromatic rings. The van der Waals surface area contributed by atoms with Crippen molar-refractivity contribution in [1.82, 2.24) is 0 Å². The topological polar surface area (TPSA) is 52.6 Å². The molecule has 0 aliphatic carbocycles. The molecule has 17 heavy (non-hydrogen) atoms. The minimum atomic E-state index is -0.521. The molecule has 0 bridgehead atoms. The second kappa shape index (κ2) is 6.39. The standard InChI is InChI=1S/C12H13BrO4/c1-3-17-11(15)7-9(14)8-5-4-6-10(16-2)12(8)13/h4-6H,3,7H2,1-2H3. The Morgan fingerprint density at radius 1 is 1.35 bits per heavy atom. The number of halogens is 1. The van der Waals surface area contributed by atoms with Crippen molar-refractivity contribution < 1.29 is 19.1 Å². The molecule has 0 amide bonds. The van der Waals surface area contributed by atoms with E-state index < -0.39 is 5.97 Å². The van der Waals surface area contributed by atoms with Gasteiger partial charge in [0.25, 0.3) is 0 Å². The smallest absolute Gasteiger partial charge is 0.313 e. The van der Waals surface area contributed by atoms with Gasteiger partial charge in [0.05, 0.1) is 18.2 Å². The van der Waals surface area contributed by atoms with Crippen LogP contribution in [0.2, 0.25) is 0 Å². The summed E-state index contributed by atoms with van der Waals surface area (Å²) in [4.78, 5) is 23.0. The summed E-state index contributed by atoms with van der Waals surface area (Å²) in [5.74, 6) is -0.263. The molecule has 92 valence electrons. The average molecular weight is 301 g/mol. The maximum Gasteiger partial charge on any atom is 0.313 e. The van der Waals surface area contributed by atoms with Crippen molar-refractivity contribution in [2.75, 3.05) is 13.7 Å². The summed E-state index contributed by atoms with van der Waals surface area (Å²) in [6.45, 7) is 1.97. The summed E-state index contributed by atoms with van der Waals surface area (Å²) in [5.41, 5.74) is 0.414. The summed E-state index contributed by atoms with van der Waals surface area (Å²) < 4.78 is 10.3. The first-order chi connectivity index (χ1) is 8.10. The van der Waals surface area contributed by atoms with Crippen LogP contribution in [0, 0.1) is 0 Å². The number of carbonyl (C=O) groups excluding carboxylic acids is 2. The van der Waals surface area contributed by atoms with E-state index in [-0.39, 0.29) is 18.8 Å². The molecule has 0 unspecified atom stereocenters. The van der Waals surface area contributed by atoms with E-state index in [2.05, 4.69) is 15.9 Å². The van der Waals surface area contributed by atoms with Gasteiger partial charge in [0.15, 0.2) is 5.78 Å². The lowest BCUT2D eigenvalue weighted by atomic mass is 10.1. The van der Waals surface area contributed by atoms with Gasteiger partial charge >= 0.3 is 5.97 Å². The van der Waals surface area contributed by atoms with Crippen LogP contribution in [-0.2, 0) is 9.53 Å². The highest BCUT2D eigenvalue weighted by molar-refractivity contribution is 9.10. The first-order valence-electron chi connectivity index (χ1n) is 5.11. The van der Waals surface area contributed by atoms with Crippen molar-refractivity contribution in [3.63, 3.8) is 0 Å². The zero-order valence-corrected chi connectivity index (χ0v) is 11.2. The average Bonchev–Trinajstić information content (AvgIpc) is 2.29. The van der Waals surface area contributed by atoms with Crippen LogP contribution in [0.3, 0.4) is 0 Å². The van der Waals surface area contributed by atoms with Crippen LogP contribution in [0.25, 0.3) is 0 Å². The van der Waals surface area contributed by atoms with Gasteiger partial charge in [0, 0.05) is 5.56 Å². The van der Waals surface area contributed by atoms with Gasteiger partial charge < -0.3 is 9.47 Å². The first kappa shape index (κ1) is 13.7. The number of carbonyl (C=O) groups is 2. The van der Waals surface area contributed by atoms with Crippen LogP contribution >= 0.6 is 15.9 Å². The number of ketones is 1. The molecule has 0 aromatic heterocycles. The second-order valence-electron chi connectivity index (χ2n) is 3.23. The molecule has 4 nitrogen and oxygen atoms in total. The van der Waals surface area contributed by atoms with E-state index in [0.29, 0.717) is 15.8 Å². The zero-order chi connectivity index (χ0) is 12.8. The van der Waals surface area contributed by atoms with Gasteiger partial charge in [0.2, 0.25) is 0 Å². The number of rotatable bonds is 5. The van der Waals surface area contributed by atoms with E-state index >= 15 is 0 Å². The third kappa shape index (κ3) is 3.56. The molecule has 1 rings (SSSR count). The van der Waals surface area contributed by atoms with Crippen molar-refractivity contribution in [2.45, 2.75) is 13.3 Å². The van der Waals surface area contributed by atoms with E-state index in [1.165, 1.54) is 7.11 Å². The predicted molar refractivity (Wildman–Crippen MR) is 66.3 cm³/mol. The number of Topliss-reactive ketones (excluding diaryl/α,β-unsaturated/α-hetero) is 1. The van der Waals surface area contributed by atoms with Crippen LogP contribution in [0.4, 0.5) is 0 Å². The van der Waals surface area contributed by atoms with Gasteiger partial charge in [-0.1, -0.05) is 6.07 Å². The number of esters is 1. The summed E-state index contributed by atoms with van der Waals surface area (Å²) in [6.07, 6.45) is -0.264. The largest absolute Gasteiger partial charge is 0.496 e. The fraction of sp³-hybridized carbons (Fsp3) is 0.333. The number of hydrogen-bond acceptors (Lipinski definition) is 4. The Hall–Kier alpha value is -1.36. The summed E-state index contributed by atoms with van der Waals surface area (Å²) in [5, 5.41) is 0. The third-order valence-corrected chi connectivity index (χ3v) is 2.91. The molecule has 0 saturated heterocycles. The Labute approximate surface area is 108 Å². The Morgan fingerprint density at radius 3 is 2.65 bits per heavy atom. The quantitative estimate of drug-likeness (QED) is 0.476. The normalized spacial score (nSPS) is 9.82. The molecule has 0 radical (unpaired) electrons. The lowest BCUT2D eigenvalue weighted by molar-refractivity contribution is -0.141. The van der Waals surface area contributed by atoms with Gasteiger partial charge in [-0.25, -0.2) is 0 Å². The van der Waals surface area contributed by atoms with Crippen molar-refractivity contribution in [1.29, 1.82) is 0 Å². The van der Waals surface area contributed by atoms with E-state index in [1.807, 2.05) is 0 Å². The minimum absolute atomic E-state index is 0.264. The van der Waals surface area contributed by atoms with Crippen LogP contribution in [-0.4, -0.2) is 25.5 Å². The highest BCUT2D eigenvalue weighted by Gasteiger charge is 2.17. The third-order valence-electron chi connectivity index (χ3n) is 2.09. The highest BCUT2D eigenvalue weighted by Crippen LogP contribution is 2.29. The number of methoxy groups -OCH3 is 1. The summed E-state index contributed by atoms with van der Waals surface area (Å²) in [6, 6.07) is 5.06. The molecule has 0 fully saturated rings. The Bertz CT molecular complexity index is 429. The minimum Gasteiger partial charge on any atom is -0.496 e.